The number of anilines is 1. The second-order valence-corrected chi connectivity index (χ2v) is 5.01. The lowest BCUT2D eigenvalue weighted by atomic mass is 10.2. The van der Waals surface area contributed by atoms with Crippen LogP contribution in [-0.2, 0) is 6.54 Å². The maximum absolute atomic E-state index is 12.2. The van der Waals surface area contributed by atoms with Gasteiger partial charge < -0.3 is 9.47 Å². The molecule has 0 saturated carbocycles. The molecule has 5 nitrogen and oxygen atoms in total. The van der Waals surface area contributed by atoms with Crippen LogP contribution in [0.1, 0.15) is 20.8 Å². The number of nitrogens with zero attached hydrogens (tertiary/aromatic N) is 4. The summed E-state index contributed by atoms with van der Waals surface area (Å²) in [7, 11) is 1.79. The number of rotatable bonds is 5. The van der Waals surface area contributed by atoms with Crippen LogP contribution < -0.4 is 10.5 Å². The molecule has 0 aliphatic carbocycles. The van der Waals surface area contributed by atoms with Gasteiger partial charge in [0.05, 0.1) is 12.0 Å². The maximum Gasteiger partial charge on any atom is 0.293 e. The fourth-order valence-electron chi connectivity index (χ4n) is 1.77. The molecule has 0 spiro atoms. The highest BCUT2D eigenvalue weighted by molar-refractivity contribution is 5.34. The molecule has 0 aliphatic rings. The zero-order chi connectivity index (χ0) is 13.7. The van der Waals surface area contributed by atoms with Crippen LogP contribution in [0.2, 0.25) is 0 Å². The number of hydrogen-bond donors (Lipinski definition) is 0. The van der Waals surface area contributed by atoms with Gasteiger partial charge in [0.15, 0.2) is 5.82 Å². The zero-order valence-electron chi connectivity index (χ0n) is 11.4. The maximum atomic E-state index is 12.2. The molecule has 0 aliphatic heterocycles. The molecule has 0 fully saturated rings. The van der Waals surface area contributed by atoms with E-state index in [1.807, 2.05) is 6.92 Å². The van der Waals surface area contributed by atoms with Crippen molar-refractivity contribution in [1.29, 1.82) is 5.26 Å². The predicted molar refractivity (Wildman–Crippen MR) is 71.4 cm³/mol. The van der Waals surface area contributed by atoms with E-state index in [2.05, 4.69) is 24.9 Å². The van der Waals surface area contributed by atoms with Gasteiger partial charge in [-0.1, -0.05) is 13.8 Å². The summed E-state index contributed by atoms with van der Waals surface area (Å²) in [6.45, 7) is 7.13. The van der Waals surface area contributed by atoms with Crippen LogP contribution in [0, 0.1) is 23.2 Å². The second kappa shape index (κ2) is 6.20. The van der Waals surface area contributed by atoms with Gasteiger partial charge in [-0.2, -0.15) is 5.26 Å². The van der Waals surface area contributed by atoms with Gasteiger partial charge in [0.2, 0.25) is 0 Å². The lowest BCUT2D eigenvalue weighted by molar-refractivity contribution is 0.508. The molecule has 0 saturated heterocycles. The van der Waals surface area contributed by atoms with Gasteiger partial charge in [0.25, 0.3) is 5.56 Å². The molecule has 1 rings (SSSR count). The summed E-state index contributed by atoms with van der Waals surface area (Å²) in [6, 6.07) is 2.15. The smallest absolute Gasteiger partial charge is 0.293 e. The Morgan fingerprint density at radius 3 is 2.72 bits per heavy atom. The van der Waals surface area contributed by atoms with Crippen LogP contribution >= 0.6 is 0 Å². The van der Waals surface area contributed by atoms with Gasteiger partial charge in [-0.3, -0.25) is 4.79 Å². The van der Waals surface area contributed by atoms with Gasteiger partial charge in [-0.05, 0) is 12.8 Å². The minimum absolute atomic E-state index is 0.0983. The Kier molecular flexibility index (Phi) is 4.90. The van der Waals surface area contributed by atoms with Crippen molar-refractivity contribution in [3.8, 4) is 6.07 Å². The molecule has 0 radical (unpaired) electrons. The molecule has 1 atom stereocenters. The Morgan fingerprint density at radius 1 is 1.50 bits per heavy atom. The first kappa shape index (κ1) is 14.2. The Hall–Kier alpha value is -1.83. The molecule has 1 unspecified atom stereocenters. The minimum Gasteiger partial charge on any atom is -0.354 e. The van der Waals surface area contributed by atoms with Crippen LogP contribution in [0.3, 0.4) is 0 Å². The zero-order valence-corrected chi connectivity index (χ0v) is 11.4. The number of nitriles is 1. The van der Waals surface area contributed by atoms with Crippen molar-refractivity contribution >= 4 is 5.82 Å². The highest BCUT2D eigenvalue weighted by Gasteiger charge is 2.12. The van der Waals surface area contributed by atoms with E-state index in [0.29, 0.717) is 24.8 Å². The number of aromatic nitrogens is 2. The first-order chi connectivity index (χ1) is 8.45. The van der Waals surface area contributed by atoms with Gasteiger partial charge >= 0.3 is 0 Å². The van der Waals surface area contributed by atoms with Crippen LogP contribution in [0.4, 0.5) is 5.82 Å². The van der Waals surface area contributed by atoms with E-state index in [1.165, 1.54) is 0 Å². The van der Waals surface area contributed by atoms with Gasteiger partial charge in [0.1, 0.15) is 0 Å². The molecule has 0 aromatic carbocycles. The van der Waals surface area contributed by atoms with E-state index in [-0.39, 0.29) is 11.5 Å². The summed E-state index contributed by atoms with van der Waals surface area (Å²) < 4.78 is 1.67. The summed E-state index contributed by atoms with van der Waals surface area (Å²) in [5.41, 5.74) is -0.0983. The van der Waals surface area contributed by atoms with Gasteiger partial charge in [0, 0.05) is 32.5 Å². The Morgan fingerprint density at radius 2 is 2.17 bits per heavy atom. The van der Waals surface area contributed by atoms with Crippen LogP contribution in [-0.4, -0.2) is 23.1 Å². The molecule has 98 valence electrons. The largest absolute Gasteiger partial charge is 0.354 e. The van der Waals surface area contributed by atoms with Crippen molar-refractivity contribution < 1.29 is 0 Å². The van der Waals surface area contributed by atoms with E-state index in [1.54, 1.807) is 28.9 Å². The Bertz CT molecular complexity index is 486. The second-order valence-electron chi connectivity index (χ2n) is 5.01. The first-order valence-electron chi connectivity index (χ1n) is 6.12. The van der Waals surface area contributed by atoms with Crippen molar-refractivity contribution in [3.05, 3.63) is 22.7 Å². The predicted octanol–water partition coefficient (Wildman–Crippen LogP) is 1.50. The molecule has 5 heteroatoms. The molecule has 1 aromatic heterocycles. The molecule has 0 amide bonds. The monoisotopic (exact) mass is 248 g/mol. The Labute approximate surface area is 108 Å². The van der Waals surface area contributed by atoms with E-state index in [4.69, 9.17) is 5.26 Å². The topological polar surface area (TPSA) is 61.9 Å². The SMILES string of the molecule is CC(C)Cn1ccnc(N(C)CC(C)C#N)c1=O. The Balaban J connectivity index is 2.97. The van der Waals surface area contributed by atoms with Crippen molar-refractivity contribution in [2.45, 2.75) is 27.3 Å². The van der Waals surface area contributed by atoms with Crippen LogP contribution in [0.25, 0.3) is 0 Å². The normalized spacial score (nSPS) is 12.2. The quantitative estimate of drug-likeness (QED) is 0.792. The lowest BCUT2D eigenvalue weighted by Crippen LogP contribution is -2.33. The summed E-state index contributed by atoms with van der Waals surface area (Å²) in [5.74, 6) is 0.677. The van der Waals surface area contributed by atoms with Crippen LogP contribution in [0.15, 0.2) is 17.2 Å². The van der Waals surface area contributed by atoms with E-state index < -0.39 is 0 Å². The molecule has 0 N–H and O–H groups in total. The van der Waals surface area contributed by atoms with Crippen molar-refractivity contribution in [3.63, 3.8) is 0 Å². The van der Waals surface area contributed by atoms with Gasteiger partial charge in [-0.15, -0.1) is 0 Å². The highest BCUT2D eigenvalue weighted by Crippen LogP contribution is 2.05. The lowest BCUT2D eigenvalue weighted by Gasteiger charge is -2.19. The van der Waals surface area contributed by atoms with Gasteiger partial charge in [-0.25, -0.2) is 4.98 Å². The standard InChI is InChI=1S/C13H20N4O/c1-10(2)8-17-6-5-15-12(13(17)18)16(4)9-11(3)7-14/h5-6,10-11H,8-9H2,1-4H3. The minimum atomic E-state index is -0.130. The third-order valence-electron chi connectivity index (χ3n) is 2.59. The van der Waals surface area contributed by atoms with E-state index in [0.717, 1.165) is 0 Å². The molecule has 18 heavy (non-hydrogen) atoms. The molecule has 1 heterocycles. The van der Waals surface area contributed by atoms with Crippen molar-refractivity contribution in [2.24, 2.45) is 11.8 Å². The summed E-state index contributed by atoms with van der Waals surface area (Å²) in [6.07, 6.45) is 3.33. The summed E-state index contributed by atoms with van der Waals surface area (Å²) in [4.78, 5) is 18.1. The third kappa shape index (κ3) is 3.59. The summed E-state index contributed by atoms with van der Waals surface area (Å²) in [5, 5.41) is 8.79. The average Bonchev–Trinajstić information content (AvgIpc) is 2.31. The summed E-state index contributed by atoms with van der Waals surface area (Å²) >= 11 is 0. The number of hydrogen-bond acceptors (Lipinski definition) is 4. The third-order valence-corrected chi connectivity index (χ3v) is 2.59. The molecule has 1 aromatic rings. The van der Waals surface area contributed by atoms with Crippen molar-refractivity contribution in [2.75, 3.05) is 18.5 Å². The first-order valence-corrected chi connectivity index (χ1v) is 6.12. The van der Waals surface area contributed by atoms with E-state index in [9.17, 15) is 4.79 Å². The fourth-order valence-corrected chi connectivity index (χ4v) is 1.77. The molecular weight excluding hydrogens is 228 g/mol. The van der Waals surface area contributed by atoms with E-state index >= 15 is 0 Å². The average molecular weight is 248 g/mol. The molecule has 0 bridgehead atoms. The fraction of sp³-hybridized carbons (Fsp3) is 0.615. The highest BCUT2D eigenvalue weighted by atomic mass is 16.1. The molecular formula is C13H20N4O. The van der Waals surface area contributed by atoms with Crippen LogP contribution in [0.5, 0.6) is 0 Å². The van der Waals surface area contributed by atoms with Crippen molar-refractivity contribution in [1.82, 2.24) is 9.55 Å².